The Bertz CT molecular complexity index is 510. The van der Waals surface area contributed by atoms with Crippen molar-refractivity contribution in [3.05, 3.63) is 16.4 Å². The number of rotatable bonds is 8. The minimum absolute atomic E-state index is 0.00941. The Morgan fingerprint density at radius 1 is 1.57 bits per heavy atom. The predicted octanol–water partition coefficient (Wildman–Crippen LogP) is -1.13. The Balaban J connectivity index is 2.84. The van der Waals surface area contributed by atoms with Gasteiger partial charge in [0.2, 0.25) is 17.5 Å². The molecule has 0 aromatic carbocycles. The molecule has 0 aliphatic heterocycles. The lowest BCUT2D eigenvalue weighted by Crippen LogP contribution is -2.37. The minimum atomic E-state index is -0.663. The lowest BCUT2D eigenvalue weighted by molar-refractivity contribution is -0.383. The SMILES string of the molecule is COCCNC(=O)CN(C)c1ncnc(NN)c1[N+](=O)[O-]. The fourth-order valence-corrected chi connectivity index (χ4v) is 1.56. The molecule has 0 saturated heterocycles. The Labute approximate surface area is 120 Å². The van der Waals surface area contributed by atoms with Gasteiger partial charge in [-0.3, -0.25) is 14.9 Å². The number of nitro groups is 1. The van der Waals surface area contributed by atoms with E-state index in [0.29, 0.717) is 13.2 Å². The number of carbonyl (C=O) groups excluding carboxylic acids is 1. The second kappa shape index (κ2) is 7.91. The van der Waals surface area contributed by atoms with Gasteiger partial charge in [0.1, 0.15) is 6.33 Å². The number of hydrogen-bond donors (Lipinski definition) is 3. The Morgan fingerprint density at radius 2 is 2.29 bits per heavy atom. The number of hydrazine groups is 1. The Morgan fingerprint density at radius 3 is 2.86 bits per heavy atom. The normalized spacial score (nSPS) is 10.0. The topological polar surface area (TPSA) is 149 Å². The predicted molar refractivity (Wildman–Crippen MR) is 74.7 cm³/mol. The second-order valence-electron chi connectivity index (χ2n) is 3.99. The van der Waals surface area contributed by atoms with Crippen molar-refractivity contribution in [1.29, 1.82) is 0 Å². The molecule has 116 valence electrons. The van der Waals surface area contributed by atoms with E-state index in [1.165, 1.54) is 19.1 Å². The molecule has 0 aliphatic rings. The Hall–Kier alpha value is -2.53. The minimum Gasteiger partial charge on any atom is -0.383 e. The number of ether oxygens (including phenoxy) is 1. The molecule has 4 N–H and O–H groups in total. The van der Waals surface area contributed by atoms with E-state index >= 15 is 0 Å². The van der Waals surface area contributed by atoms with E-state index in [1.54, 1.807) is 0 Å². The van der Waals surface area contributed by atoms with Gasteiger partial charge in [-0.2, -0.15) is 0 Å². The van der Waals surface area contributed by atoms with E-state index in [9.17, 15) is 14.9 Å². The summed E-state index contributed by atoms with van der Waals surface area (Å²) in [5.41, 5.74) is 1.73. The van der Waals surface area contributed by atoms with E-state index in [4.69, 9.17) is 10.6 Å². The van der Waals surface area contributed by atoms with Crippen LogP contribution in [0.3, 0.4) is 0 Å². The molecule has 0 spiro atoms. The molecular weight excluding hydrogens is 282 g/mol. The monoisotopic (exact) mass is 299 g/mol. The van der Waals surface area contributed by atoms with Crippen molar-refractivity contribution in [2.45, 2.75) is 0 Å². The number of hydrogen-bond acceptors (Lipinski definition) is 9. The second-order valence-corrected chi connectivity index (χ2v) is 3.99. The number of aromatic nitrogens is 2. The molecule has 0 aliphatic carbocycles. The highest BCUT2D eigenvalue weighted by Gasteiger charge is 2.25. The van der Waals surface area contributed by atoms with E-state index in [-0.39, 0.29) is 24.1 Å². The van der Waals surface area contributed by atoms with Crippen LogP contribution in [0.4, 0.5) is 17.3 Å². The maximum atomic E-state index is 11.7. The Kier molecular flexibility index (Phi) is 6.23. The average Bonchev–Trinajstić information content (AvgIpc) is 2.46. The van der Waals surface area contributed by atoms with E-state index < -0.39 is 10.6 Å². The third kappa shape index (κ3) is 4.50. The van der Waals surface area contributed by atoms with Crippen LogP contribution < -0.4 is 21.5 Å². The van der Waals surface area contributed by atoms with Gasteiger partial charge in [-0.1, -0.05) is 0 Å². The van der Waals surface area contributed by atoms with Gasteiger partial charge in [0.15, 0.2) is 0 Å². The van der Waals surface area contributed by atoms with Crippen LogP contribution in [-0.4, -0.2) is 54.7 Å². The molecule has 1 heterocycles. The van der Waals surface area contributed by atoms with Crippen molar-refractivity contribution < 1.29 is 14.5 Å². The average molecular weight is 299 g/mol. The summed E-state index contributed by atoms with van der Waals surface area (Å²) in [6.45, 7) is 0.626. The van der Waals surface area contributed by atoms with Gasteiger partial charge in [-0.25, -0.2) is 15.8 Å². The molecule has 1 aromatic rings. The van der Waals surface area contributed by atoms with Crippen molar-refractivity contribution in [2.75, 3.05) is 44.2 Å². The van der Waals surface area contributed by atoms with E-state index in [2.05, 4.69) is 20.7 Å². The molecule has 0 fully saturated rings. The molecule has 1 aromatic heterocycles. The molecule has 0 atom stereocenters. The number of carbonyl (C=O) groups is 1. The molecule has 1 amide bonds. The van der Waals surface area contributed by atoms with Crippen LogP contribution in [0.1, 0.15) is 0 Å². The molecule has 11 heteroatoms. The smallest absolute Gasteiger partial charge is 0.354 e. The zero-order valence-corrected chi connectivity index (χ0v) is 11.7. The molecule has 0 saturated carbocycles. The number of methoxy groups -OCH3 is 1. The number of amides is 1. The zero-order valence-electron chi connectivity index (χ0n) is 11.7. The summed E-state index contributed by atoms with van der Waals surface area (Å²) in [5.74, 6) is 4.73. The molecule has 11 nitrogen and oxygen atoms in total. The number of nitrogens with two attached hydrogens (primary N) is 1. The summed E-state index contributed by atoms with van der Waals surface area (Å²) in [7, 11) is 3.02. The fourth-order valence-electron chi connectivity index (χ4n) is 1.56. The van der Waals surface area contributed by atoms with E-state index in [0.717, 1.165) is 6.33 Å². The molecule has 21 heavy (non-hydrogen) atoms. The van der Waals surface area contributed by atoms with Crippen LogP contribution in [0.2, 0.25) is 0 Å². The van der Waals surface area contributed by atoms with Crippen molar-refractivity contribution in [1.82, 2.24) is 15.3 Å². The van der Waals surface area contributed by atoms with Gasteiger partial charge < -0.3 is 20.4 Å². The molecule has 0 radical (unpaired) electrons. The summed E-state index contributed by atoms with van der Waals surface area (Å²) >= 11 is 0. The first-order valence-electron chi connectivity index (χ1n) is 5.94. The molecule has 0 bridgehead atoms. The van der Waals surface area contributed by atoms with Crippen LogP contribution in [0, 0.1) is 10.1 Å². The molecule has 0 unspecified atom stereocenters. The van der Waals surface area contributed by atoms with Crippen LogP contribution in [0.25, 0.3) is 0 Å². The maximum absolute atomic E-state index is 11.7. The first-order valence-corrected chi connectivity index (χ1v) is 5.94. The number of nitrogens with zero attached hydrogens (tertiary/aromatic N) is 4. The third-order valence-electron chi connectivity index (χ3n) is 2.49. The fraction of sp³-hybridized carbons (Fsp3) is 0.500. The quantitative estimate of drug-likeness (QED) is 0.234. The highest BCUT2D eigenvalue weighted by Crippen LogP contribution is 2.30. The van der Waals surface area contributed by atoms with E-state index in [1.807, 2.05) is 0 Å². The first kappa shape index (κ1) is 16.5. The number of nitrogens with one attached hydrogen (secondary N) is 2. The van der Waals surface area contributed by atoms with Crippen molar-refractivity contribution in [3.8, 4) is 0 Å². The van der Waals surface area contributed by atoms with Gasteiger partial charge in [0, 0.05) is 20.7 Å². The summed E-state index contributed by atoms with van der Waals surface area (Å²) in [6.07, 6.45) is 1.12. The zero-order chi connectivity index (χ0) is 15.8. The van der Waals surface area contributed by atoms with Crippen molar-refractivity contribution in [2.24, 2.45) is 5.84 Å². The molecule has 1 rings (SSSR count). The lowest BCUT2D eigenvalue weighted by Gasteiger charge is -2.17. The summed E-state index contributed by atoms with van der Waals surface area (Å²) in [4.78, 5) is 30.9. The van der Waals surface area contributed by atoms with Gasteiger partial charge in [0.25, 0.3) is 0 Å². The summed E-state index contributed by atoms with van der Waals surface area (Å²) in [5, 5.41) is 13.7. The van der Waals surface area contributed by atoms with Crippen LogP contribution in [0.15, 0.2) is 6.33 Å². The van der Waals surface area contributed by atoms with Gasteiger partial charge in [-0.05, 0) is 0 Å². The number of likely N-dealkylation sites (N-methyl/N-ethyl adjacent to an activating group) is 1. The number of nitrogen functional groups attached to an aromatic ring is 1. The lowest BCUT2D eigenvalue weighted by atomic mass is 10.4. The third-order valence-corrected chi connectivity index (χ3v) is 2.49. The van der Waals surface area contributed by atoms with Crippen LogP contribution in [-0.2, 0) is 9.53 Å². The van der Waals surface area contributed by atoms with Crippen LogP contribution in [0.5, 0.6) is 0 Å². The van der Waals surface area contributed by atoms with Crippen molar-refractivity contribution in [3.63, 3.8) is 0 Å². The maximum Gasteiger partial charge on any atom is 0.354 e. The highest BCUT2D eigenvalue weighted by molar-refractivity contribution is 5.82. The summed E-state index contributed by atoms with van der Waals surface area (Å²) in [6, 6.07) is 0. The standard InChI is InChI=1S/C10H17N7O4/c1-16(5-7(18)12-3-4-21-2)10-8(17(19)20)9(15-11)13-6-14-10/h6H,3-5,11H2,1-2H3,(H,12,18)(H,13,14,15). The largest absolute Gasteiger partial charge is 0.383 e. The molecular formula is C10H17N7O4. The van der Waals surface area contributed by atoms with Crippen LogP contribution >= 0.6 is 0 Å². The van der Waals surface area contributed by atoms with Gasteiger partial charge >= 0.3 is 5.69 Å². The van der Waals surface area contributed by atoms with Crippen molar-refractivity contribution >= 4 is 23.2 Å². The number of anilines is 2. The van der Waals surface area contributed by atoms with Gasteiger partial charge in [-0.15, -0.1) is 0 Å². The van der Waals surface area contributed by atoms with Gasteiger partial charge in [0.05, 0.1) is 18.1 Å². The highest BCUT2D eigenvalue weighted by atomic mass is 16.6. The first-order chi connectivity index (χ1) is 10.0. The summed E-state index contributed by atoms with van der Waals surface area (Å²) < 4.78 is 4.80.